The summed E-state index contributed by atoms with van der Waals surface area (Å²) in [4.78, 5) is 16.6. The Kier molecular flexibility index (Phi) is 5.73. The number of aromatic carboxylic acids is 1. The summed E-state index contributed by atoms with van der Waals surface area (Å²) in [5.74, 6) is -0.340. The summed E-state index contributed by atoms with van der Waals surface area (Å²) < 4.78 is 8.55. The minimum Gasteiger partial charge on any atom is -0.478 e. The molecule has 1 N–H and O–H groups in total. The lowest BCUT2D eigenvalue weighted by Crippen LogP contribution is -2.11. The summed E-state index contributed by atoms with van der Waals surface area (Å²) >= 11 is 0. The summed E-state index contributed by atoms with van der Waals surface area (Å²) in [6.07, 6.45) is 5.29. The van der Waals surface area contributed by atoms with E-state index in [9.17, 15) is 9.90 Å². The predicted octanol–water partition coefficient (Wildman–Crippen LogP) is 6.40. The second-order valence-corrected chi connectivity index (χ2v) is 8.80. The number of imidazole rings is 1. The molecule has 33 heavy (non-hydrogen) atoms. The molecule has 2 aromatic heterocycles. The molecule has 2 heterocycles. The van der Waals surface area contributed by atoms with Crippen LogP contribution in [0.25, 0.3) is 16.8 Å². The normalized spacial score (nSPS) is 14.5. The molecule has 1 fully saturated rings. The minimum absolute atomic E-state index is 0.238. The van der Waals surface area contributed by atoms with E-state index in [1.807, 2.05) is 36.4 Å². The maximum absolute atomic E-state index is 11.7. The van der Waals surface area contributed by atoms with Crippen molar-refractivity contribution in [2.24, 2.45) is 0 Å². The molecule has 0 radical (unpaired) electrons. The fourth-order valence-corrected chi connectivity index (χ4v) is 4.38. The number of hydrogen-bond donors (Lipinski definition) is 1. The van der Waals surface area contributed by atoms with Gasteiger partial charge in [-0.2, -0.15) is 0 Å². The lowest BCUT2D eigenvalue weighted by atomic mass is 9.97. The molecule has 5 heteroatoms. The van der Waals surface area contributed by atoms with Gasteiger partial charge in [0.1, 0.15) is 11.8 Å². The molecule has 0 saturated heterocycles. The SMILES string of the molecule is CCCO[C@H](c1ccc(-c2ccccc2C(=O)O)cc1)c1ccc(C)c2nc(C3CC3)cn12. The zero-order valence-electron chi connectivity index (χ0n) is 19.0. The highest BCUT2D eigenvalue weighted by Crippen LogP contribution is 2.40. The highest BCUT2D eigenvalue weighted by Gasteiger charge is 2.28. The number of nitrogens with zero attached hydrogens (tertiary/aromatic N) is 2. The smallest absolute Gasteiger partial charge is 0.336 e. The Morgan fingerprint density at radius 3 is 2.58 bits per heavy atom. The van der Waals surface area contributed by atoms with Gasteiger partial charge in [0.05, 0.1) is 17.0 Å². The molecular weight excluding hydrogens is 412 g/mol. The molecule has 0 spiro atoms. The van der Waals surface area contributed by atoms with Crippen molar-refractivity contribution in [3.05, 3.63) is 94.9 Å². The number of pyridine rings is 1. The van der Waals surface area contributed by atoms with Crippen LogP contribution in [0.4, 0.5) is 0 Å². The minimum atomic E-state index is -0.924. The van der Waals surface area contributed by atoms with Crippen LogP contribution in [-0.4, -0.2) is 27.1 Å². The van der Waals surface area contributed by atoms with Crippen LogP contribution in [0, 0.1) is 6.92 Å². The van der Waals surface area contributed by atoms with E-state index in [1.165, 1.54) is 18.5 Å². The first-order valence-electron chi connectivity index (χ1n) is 11.6. The third kappa shape index (κ3) is 4.16. The van der Waals surface area contributed by atoms with Crippen LogP contribution in [-0.2, 0) is 4.74 Å². The summed E-state index contributed by atoms with van der Waals surface area (Å²) in [5, 5.41) is 9.56. The largest absolute Gasteiger partial charge is 0.478 e. The van der Waals surface area contributed by atoms with Crippen molar-refractivity contribution in [1.29, 1.82) is 0 Å². The van der Waals surface area contributed by atoms with Gasteiger partial charge in [0.15, 0.2) is 0 Å². The number of hydrogen-bond acceptors (Lipinski definition) is 3. The Hall–Kier alpha value is -3.44. The van der Waals surface area contributed by atoms with Gasteiger partial charge in [0.25, 0.3) is 0 Å². The van der Waals surface area contributed by atoms with Crippen molar-refractivity contribution in [3.8, 4) is 11.1 Å². The van der Waals surface area contributed by atoms with Gasteiger partial charge in [0.2, 0.25) is 0 Å². The van der Waals surface area contributed by atoms with Crippen LogP contribution in [0.5, 0.6) is 0 Å². The second kappa shape index (κ2) is 8.83. The summed E-state index contributed by atoms with van der Waals surface area (Å²) in [6.45, 7) is 4.85. The van der Waals surface area contributed by atoms with Crippen LogP contribution in [0.2, 0.25) is 0 Å². The number of carboxylic acids is 1. The molecule has 1 aliphatic rings. The molecule has 1 saturated carbocycles. The average Bonchev–Trinajstić information content (AvgIpc) is 3.59. The summed E-state index contributed by atoms with van der Waals surface area (Å²) in [5.41, 5.74) is 7.29. The predicted molar refractivity (Wildman–Crippen MR) is 129 cm³/mol. The van der Waals surface area contributed by atoms with E-state index in [0.29, 0.717) is 23.7 Å². The van der Waals surface area contributed by atoms with Crippen LogP contribution >= 0.6 is 0 Å². The number of aryl methyl sites for hydroxylation is 1. The summed E-state index contributed by atoms with van der Waals surface area (Å²) in [7, 11) is 0. The molecule has 0 bridgehead atoms. The van der Waals surface area contributed by atoms with Crippen molar-refractivity contribution in [2.75, 3.05) is 6.61 Å². The van der Waals surface area contributed by atoms with Gasteiger partial charge in [-0.25, -0.2) is 9.78 Å². The molecule has 0 aliphatic heterocycles. The monoisotopic (exact) mass is 440 g/mol. The number of fused-ring (bicyclic) bond motifs is 1. The van der Waals surface area contributed by atoms with E-state index in [1.54, 1.807) is 12.1 Å². The fraction of sp³-hybridized carbons (Fsp3) is 0.286. The molecule has 5 nitrogen and oxygen atoms in total. The van der Waals surface area contributed by atoms with E-state index in [4.69, 9.17) is 9.72 Å². The number of carboxylic acid groups (broad SMARTS) is 1. The van der Waals surface area contributed by atoms with Crippen LogP contribution < -0.4 is 0 Å². The molecule has 1 aliphatic carbocycles. The van der Waals surface area contributed by atoms with E-state index in [2.05, 4.69) is 36.6 Å². The number of carbonyl (C=O) groups is 1. The van der Waals surface area contributed by atoms with Crippen molar-refractivity contribution in [2.45, 2.75) is 45.1 Å². The van der Waals surface area contributed by atoms with Gasteiger partial charge in [-0.15, -0.1) is 0 Å². The van der Waals surface area contributed by atoms with Gasteiger partial charge in [0, 0.05) is 18.7 Å². The Labute approximate surface area is 193 Å². The Morgan fingerprint density at radius 1 is 1.12 bits per heavy atom. The summed E-state index contributed by atoms with van der Waals surface area (Å²) in [6, 6.07) is 19.4. The molecule has 2 aromatic carbocycles. The van der Waals surface area contributed by atoms with Crippen LogP contribution in [0.15, 0.2) is 66.9 Å². The van der Waals surface area contributed by atoms with E-state index in [-0.39, 0.29) is 6.10 Å². The van der Waals surface area contributed by atoms with E-state index >= 15 is 0 Å². The Balaban J connectivity index is 1.56. The first-order chi connectivity index (χ1) is 16.1. The maximum Gasteiger partial charge on any atom is 0.336 e. The second-order valence-electron chi connectivity index (χ2n) is 8.80. The van der Waals surface area contributed by atoms with Crippen LogP contribution in [0.1, 0.15) is 71.1 Å². The van der Waals surface area contributed by atoms with Crippen molar-refractivity contribution < 1.29 is 14.6 Å². The van der Waals surface area contributed by atoms with Gasteiger partial charge >= 0.3 is 5.97 Å². The molecular formula is C28H28N2O3. The first-order valence-corrected chi connectivity index (χ1v) is 11.6. The van der Waals surface area contributed by atoms with E-state index in [0.717, 1.165) is 34.5 Å². The number of ether oxygens (including phenoxy) is 1. The molecule has 0 unspecified atom stereocenters. The first kappa shape index (κ1) is 21.4. The molecule has 5 rings (SSSR count). The maximum atomic E-state index is 11.7. The van der Waals surface area contributed by atoms with Crippen molar-refractivity contribution in [1.82, 2.24) is 9.38 Å². The molecule has 1 atom stereocenters. The average molecular weight is 441 g/mol. The van der Waals surface area contributed by atoms with Crippen molar-refractivity contribution in [3.63, 3.8) is 0 Å². The van der Waals surface area contributed by atoms with Gasteiger partial charge in [-0.05, 0) is 60.6 Å². The van der Waals surface area contributed by atoms with Crippen LogP contribution in [0.3, 0.4) is 0 Å². The van der Waals surface area contributed by atoms with Gasteiger partial charge < -0.3 is 14.2 Å². The van der Waals surface area contributed by atoms with Gasteiger partial charge in [-0.3, -0.25) is 0 Å². The number of rotatable bonds is 8. The van der Waals surface area contributed by atoms with Crippen molar-refractivity contribution >= 4 is 11.6 Å². The number of aromatic nitrogens is 2. The quantitative estimate of drug-likeness (QED) is 0.344. The lowest BCUT2D eigenvalue weighted by Gasteiger charge is -2.21. The number of benzene rings is 2. The molecule has 0 amide bonds. The zero-order valence-corrected chi connectivity index (χ0v) is 19.0. The third-order valence-electron chi connectivity index (χ3n) is 6.29. The Morgan fingerprint density at radius 2 is 1.88 bits per heavy atom. The highest BCUT2D eigenvalue weighted by molar-refractivity contribution is 5.96. The molecule has 4 aromatic rings. The molecule has 168 valence electrons. The Bertz CT molecular complexity index is 1300. The zero-order chi connectivity index (χ0) is 22.9. The topological polar surface area (TPSA) is 63.8 Å². The highest BCUT2D eigenvalue weighted by atomic mass is 16.5. The lowest BCUT2D eigenvalue weighted by molar-refractivity contribution is 0.0697. The fourth-order valence-electron chi connectivity index (χ4n) is 4.38. The van der Waals surface area contributed by atoms with Gasteiger partial charge in [-0.1, -0.05) is 55.5 Å². The standard InChI is InChI=1S/C28H28N2O3/c1-3-16-33-26(25-15-8-18(2)27-29-24(17-30(25)27)20-11-12-20)21-13-9-19(10-14-21)22-6-4-5-7-23(22)28(31)32/h4-10,13-15,17,20,26H,3,11-12,16H2,1-2H3,(H,31,32)/t26-/m1/s1. The van der Waals surface area contributed by atoms with E-state index < -0.39 is 5.97 Å². The third-order valence-corrected chi connectivity index (χ3v) is 6.29.